The summed E-state index contributed by atoms with van der Waals surface area (Å²) in [5, 5.41) is 9.80. The lowest BCUT2D eigenvalue weighted by Crippen LogP contribution is -2.16. The topological polar surface area (TPSA) is 66.0 Å². The summed E-state index contributed by atoms with van der Waals surface area (Å²) in [6.45, 7) is 5.23. The number of aromatic amines is 1. The Morgan fingerprint density at radius 3 is 2.58 bits per heavy atom. The van der Waals surface area contributed by atoms with Crippen LogP contribution in [0.25, 0.3) is 11.4 Å². The number of halogens is 1. The zero-order valence-corrected chi connectivity index (χ0v) is 11.0. The average molecular weight is 262 g/mol. The van der Waals surface area contributed by atoms with Crippen molar-refractivity contribution < 1.29 is 9.50 Å². The van der Waals surface area contributed by atoms with Gasteiger partial charge >= 0.3 is 0 Å². The molecule has 2 N–H and O–H groups in total. The van der Waals surface area contributed by atoms with Gasteiger partial charge in [-0.05, 0) is 24.5 Å². The van der Waals surface area contributed by atoms with Crippen molar-refractivity contribution in [3.63, 3.8) is 0 Å². The van der Waals surface area contributed by atoms with E-state index in [-0.39, 0.29) is 29.0 Å². The van der Waals surface area contributed by atoms with Crippen molar-refractivity contribution in [2.24, 2.45) is 0 Å². The maximum atomic E-state index is 13.5. The monoisotopic (exact) mass is 262 g/mol. The van der Waals surface area contributed by atoms with E-state index in [2.05, 4.69) is 9.97 Å². The summed E-state index contributed by atoms with van der Waals surface area (Å²) in [5.41, 5.74) is 0.759. The molecule has 0 spiro atoms. The number of hydrogen-bond acceptors (Lipinski definition) is 3. The molecule has 4 nitrogen and oxygen atoms in total. The third-order valence-electron chi connectivity index (χ3n) is 2.96. The van der Waals surface area contributed by atoms with E-state index >= 15 is 0 Å². The molecule has 0 saturated heterocycles. The van der Waals surface area contributed by atoms with Crippen LogP contribution in [0, 0.1) is 12.7 Å². The first-order valence-electron chi connectivity index (χ1n) is 6.00. The van der Waals surface area contributed by atoms with E-state index in [0.717, 1.165) is 0 Å². The maximum absolute atomic E-state index is 13.5. The zero-order valence-electron chi connectivity index (χ0n) is 11.0. The number of H-pyrrole nitrogens is 1. The molecule has 0 bridgehead atoms. The molecule has 0 radical (unpaired) electrons. The molecule has 1 aromatic carbocycles. The molecule has 0 amide bonds. The lowest BCUT2D eigenvalue weighted by molar-refractivity contribution is 0.440. The second kappa shape index (κ2) is 4.84. The van der Waals surface area contributed by atoms with Crippen molar-refractivity contribution >= 4 is 0 Å². The molecule has 1 aromatic heterocycles. The van der Waals surface area contributed by atoms with E-state index in [1.54, 1.807) is 32.9 Å². The van der Waals surface area contributed by atoms with Gasteiger partial charge in [-0.15, -0.1) is 0 Å². The lowest BCUT2D eigenvalue weighted by Gasteiger charge is -2.08. The predicted molar refractivity (Wildman–Crippen MR) is 70.7 cm³/mol. The van der Waals surface area contributed by atoms with Crippen LogP contribution >= 0.6 is 0 Å². The second-order valence-corrected chi connectivity index (χ2v) is 4.77. The van der Waals surface area contributed by atoms with E-state index in [4.69, 9.17) is 0 Å². The van der Waals surface area contributed by atoms with Crippen LogP contribution in [0.4, 0.5) is 4.39 Å². The Morgan fingerprint density at radius 2 is 2.05 bits per heavy atom. The highest BCUT2D eigenvalue weighted by molar-refractivity contribution is 5.56. The fraction of sp³-hybridized carbons (Fsp3) is 0.286. The van der Waals surface area contributed by atoms with E-state index < -0.39 is 5.56 Å². The Kier molecular flexibility index (Phi) is 3.38. The molecule has 19 heavy (non-hydrogen) atoms. The van der Waals surface area contributed by atoms with Gasteiger partial charge in [0, 0.05) is 5.56 Å². The fourth-order valence-corrected chi connectivity index (χ4v) is 1.87. The standard InChI is InChI=1S/C14H15FN2O2/c1-7(2)11-13(18)16-12(17-14(11)19)9-5-4-8(3)10(15)6-9/h4-7H,1-3H3,(H2,16,17,18,19). The number of nitrogens with one attached hydrogen (secondary N) is 1. The molecule has 1 heterocycles. The molecular formula is C14H15FN2O2. The number of aryl methyl sites for hydroxylation is 1. The van der Waals surface area contributed by atoms with Gasteiger partial charge in [-0.25, -0.2) is 4.39 Å². The van der Waals surface area contributed by atoms with Crippen LogP contribution in [0.3, 0.4) is 0 Å². The van der Waals surface area contributed by atoms with Crippen LogP contribution in [-0.4, -0.2) is 15.1 Å². The molecule has 0 fully saturated rings. The molecular weight excluding hydrogens is 247 g/mol. The molecule has 0 aliphatic rings. The van der Waals surface area contributed by atoms with Crippen LogP contribution in [-0.2, 0) is 0 Å². The van der Waals surface area contributed by atoms with Crippen molar-refractivity contribution in [2.75, 3.05) is 0 Å². The first-order chi connectivity index (χ1) is 8.90. The Morgan fingerprint density at radius 1 is 1.37 bits per heavy atom. The summed E-state index contributed by atoms with van der Waals surface area (Å²) in [6, 6.07) is 4.52. The summed E-state index contributed by atoms with van der Waals surface area (Å²) in [4.78, 5) is 18.4. The highest BCUT2D eigenvalue weighted by atomic mass is 19.1. The lowest BCUT2D eigenvalue weighted by atomic mass is 10.1. The minimum Gasteiger partial charge on any atom is -0.493 e. The minimum absolute atomic E-state index is 0.139. The van der Waals surface area contributed by atoms with Gasteiger partial charge in [0.1, 0.15) is 11.6 Å². The van der Waals surface area contributed by atoms with Crippen molar-refractivity contribution in [3.8, 4) is 17.3 Å². The molecule has 0 aliphatic heterocycles. The first kappa shape index (κ1) is 13.3. The Bertz CT molecular complexity index is 678. The molecule has 0 unspecified atom stereocenters. The fourth-order valence-electron chi connectivity index (χ4n) is 1.87. The van der Waals surface area contributed by atoms with Gasteiger partial charge < -0.3 is 10.1 Å². The number of aromatic hydroxyl groups is 1. The quantitative estimate of drug-likeness (QED) is 0.874. The van der Waals surface area contributed by atoms with E-state index in [0.29, 0.717) is 11.1 Å². The average Bonchev–Trinajstić information content (AvgIpc) is 2.31. The van der Waals surface area contributed by atoms with Crippen LogP contribution in [0.5, 0.6) is 5.88 Å². The van der Waals surface area contributed by atoms with E-state index in [1.165, 1.54) is 6.07 Å². The minimum atomic E-state index is -0.404. The Hall–Kier alpha value is -2.17. The van der Waals surface area contributed by atoms with Crippen molar-refractivity contribution in [2.45, 2.75) is 26.7 Å². The van der Waals surface area contributed by atoms with Crippen molar-refractivity contribution in [1.82, 2.24) is 9.97 Å². The summed E-state index contributed by atoms with van der Waals surface area (Å²) in [6.07, 6.45) is 0. The summed E-state index contributed by atoms with van der Waals surface area (Å²) in [7, 11) is 0. The third kappa shape index (κ3) is 2.50. The Labute approximate surface area is 110 Å². The molecule has 5 heteroatoms. The van der Waals surface area contributed by atoms with Gasteiger partial charge in [-0.2, -0.15) is 4.98 Å². The van der Waals surface area contributed by atoms with Crippen molar-refractivity contribution in [1.29, 1.82) is 0 Å². The van der Waals surface area contributed by atoms with Crippen LogP contribution < -0.4 is 5.56 Å². The Balaban J connectivity index is 2.58. The molecule has 0 saturated carbocycles. The zero-order chi connectivity index (χ0) is 14.2. The number of aromatic nitrogens is 2. The van der Waals surface area contributed by atoms with Gasteiger partial charge in [-0.1, -0.05) is 26.0 Å². The summed E-state index contributed by atoms with van der Waals surface area (Å²) < 4.78 is 13.5. The number of rotatable bonds is 2. The van der Waals surface area contributed by atoms with E-state index in [9.17, 15) is 14.3 Å². The van der Waals surface area contributed by atoms with Crippen LogP contribution in [0.15, 0.2) is 23.0 Å². The third-order valence-corrected chi connectivity index (χ3v) is 2.96. The van der Waals surface area contributed by atoms with Crippen molar-refractivity contribution in [3.05, 3.63) is 45.5 Å². The van der Waals surface area contributed by atoms with Gasteiger partial charge in [0.15, 0.2) is 0 Å². The highest BCUT2D eigenvalue weighted by Gasteiger charge is 2.15. The van der Waals surface area contributed by atoms with E-state index in [1.807, 2.05) is 0 Å². The molecule has 2 rings (SSSR count). The number of hydrogen-bond donors (Lipinski definition) is 2. The highest BCUT2D eigenvalue weighted by Crippen LogP contribution is 2.23. The predicted octanol–water partition coefficient (Wildman–Crippen LogP) is 2.71. The first-order valence-corrected chi connectivity index (χ1v) is 6.00. The van der Waals surface area contributed by atoms with Crippen LogP contribution in [0.1, 0.15) is 30.9 Å². The number of nitrogens with zero attached hydrogens (tertiary/aromatic N) is 1. The number of benzene rings is 1. The molecule has 2 aromatic rings. The normalized spacial score (nSPS) is 11.0. The van der Waals surface area contributed by atoms with Gasteiger partial charge in [0.25, 0.3) is 5.56 Å². The summed E-state index contributed by atoms with van der Waals surface area (Å²) in [5.74, 6) is -0.673. The smallest absolute Gasteiger partial charge is 0.258 e. The van der Waals surface area contributed by atoms with Gasteiger partial charge in [-0.3, -0.25) is 4.79 Å². The second-order valence-electron chi connectivity index (χ2n) is 4.77. The van der Waals surface area contributed by atoms with Gasteiger partial charge in [0.05, 0.1) is 5.56 Å². The molecule has 100 valence electrons. The van der Waals surface area contributed by atoms with Crippen LogP contribution in [0.2, 0.25) is 0 Å². The largest absolute Gasteiger partial charge is 0.493 e. The summed E-state index contributed by atoms with van der Waals surface area (Å²) >= 11 is 0. The molecule has 0 atom stereocenters. The van der Waals surface area contributed by atoms with Gasteiger partial charge in [0.2, 0.25) is 5.88 Å². The maximum Gasteiger partial charge on any atom is 0.258 e. The molecule has 0 aliphatic carbocycles. The SMILES string of the molecule is Cc1ccc(-c2nc(O)c(C(C)C)c(=O)[nH]2)cc1F.